The predicted molar refractivity (Wildman–Crippen MR) is 71.7 cm³/mol. The number of ether oxygens (including phenoxy) is 3. The summed E-state index contributed by atoms with van der Waals surface area (Å²) in [5, 5.41) is 9.34. The van der Waals surface area contributed by atoms with Gasteiger partial charge in [-0.3, -0.25) is 14.4 Å². The molecule has 2 bridgehead atoms. The van der Waals surface area contributed by atoms with Gasteiger partial charge in [-0.15, -0.1) is 0 Å². The van der Waals surface area contributed by atoms with E-state index in [1.807, 2.05) is 0 Å². The molecule has 2 aliphatic carbocycles. The van der Waals surface area contributed by atoms with Crippen molar-refractivity contribution in [2.75, 3.05) is 6.61 Å². The van der Waals surface area contributed by atoms with E-state index >= 15 is 0 Å². The second kappa shape index (κ2) is 5.68. The highest BCUT2D eigenvalue weighted by molar-refractivity contribution is 5.85. The summed E-state index contributed by atoms with van der Waals surface area (Å²) in [5.41, 5.74) is 0. The summed E-state index contributed by atoms with van der Waals surface area (Å²) in [6.07, 6.45) is 0.0206. The van der Waals surface area contributed by atoms with Crippen LogP contribution in [0.2, 0.25) is 0 Å². The van der Waals surface area contributed by atoms with Crippen molar-refractivity contribution in [1.82, 2.24) is 0 Å². The third-order valence-electron chi connectivity index (χ3n) is 4.82. The zero-order chi connectivity index (χ0) is 16.7. The van der Waals surface area contributed by atoms with E-state index in [1.54, 1.807) is 0 Å². The SMILES string of the molecule is C=CC(=O)OCCC(=O)OC1C2CC3C1OC(=O)C3C2C(=O)O. The summed E-state index contributed by atoms with van der Waals surface area (Å²) < 4.78 is 15.2. The molecule has 3 rings (SSSR count). The van der Waals surface area contributed by atoms with Gasteiger partial charge < -0.3 is 19.3 Å². The number of hydrogen-bond acceptors (Lipinski definition) is 7. The van der Waals surface area contributed by atoms with Gasteiger partial charge in [-0.05, 0) is 6.42 Å². The molecule has 23 heavy (non-hydrogen) atoms. The highest BCUT2D eigenvalue weighted by Gasteiger charge is 2.69. The topological polar surface area (TPSA) is 116 Å². The van der Waals surface area contributed by atoms with Crippen molar-refractivity contribution in [3.63, 3.8) is 0 Å². The van der Waals surface area contributed by atoms with Crippen LogP contribution in [0.1, 0.15) is 12.8 Å². The Morgan fingerprint density at radius 1 is 1.35 bits per heavy atom. The molecule has 6 atom stereocenters. The quantitative estimate of drug-likeness (QED) is 0.409. The zero-order valence-corrected chi connectivity index (χ0v) is 12.2. The maximum absolute atomic E-state index is 11.9. The van der Waals surface area contributed by atoms with E-state index in [-0.39, 0.29) is 18.9 Å². The minimum atomic E-state index is -1.07. The molecule has 3 aliphatic rings. The summed E-state index contributed by atoms with van der Waals surface area (Å²) in [6, 6.07) is 0. The maximum atomic E-state index is 11.9. The molecule has 2 saturated carbocycles. The number of fused-ring (bicyclic) bond motifs is 1. The first-order chi connectivity index (χ1) is 10.9. The first kappa shape index (κ1) is 15.5. The highest BCUT2D eigenvalue weighted by Crippen LogP contribution is 2.58. The van der Waals surface area contributed by atoms with E-state index in [9.17, 15) is 24.3 Å². The highest BCUT2D eigenvalue weighted by atomic mass is 16.6. The molecule has 0 aromatic heterocycles. The lowest BCUT2D eigenvalue weighted by molar-refractivity contribution is -0.165. The van der Waals surface area contributed by atoms with Gasteiger partial charge in [0.1, 0.15) is 18.8 Å². The van der Waals surface area contributed by atoms with Crippen LogP contribution in [0.4, 0.5) is 0 Å². The van der Waals surface area contributed by atoms with Crippen LogP contribution in [0.5, 0.6) is 0 Å². The lowest BCUT2D eigenvalue weighted by atomic mass is 9.78. The molecule has 6 unspecified atom stereocenters. The van der Waals surface area contributed by atoms with Gasteiger partial charge in [0.15, 0.2) is 0 Å². The van der Waals surface area contributed by atoms with Gasteiger partial charge in [0.05, 0.1) is 18.3 Å². The molecule has 124 valence electrons. The number of carbonyl (C=O) groups is 4. The van der Waals surface area contributed by atoms with Crippen molar-refractivity contribution >= 4 is 23.9 Å². The maximum Gasteiger partial charge on any atom is 0.330 e. The van der Waals surface area contributed by atoms with E-state index in [0.29, 0.717) is 6.42 Å². The number of carboxylic acid groups (broad SMARTS) is 1. The summed E-state index contributed by atoms with van der Waals surface area (Å²) in [4.78, 5) is 46.0. The third-order valence-corrected chi connectivity index (χ3v) is 4.82. The second-order valence-corrected chi connectivity index (χ2v) is 5.93. The summed E-state index contributed by atoms with van der Waals surface area (Å²) in [7, 11) is 0. The molecule has 8 nitrogen and oxygen atoms in total. The molecular formula is C15H16O8. The Kier molecular flexibility index (Phi) is 3.83. The molecule has 0 radical (unpaired) electrons. The first-order valence-corrected chi connectivity index (χ1v) is 7.36. The van der Waals surface area contributed by atoms with E-state index < -0.39 is 53.8 Å². The van der Waals surface area contributed by atoms with E-state index in [4.69, 9.17) is 9.47 Å². The van der Waals surface area contributed by atoms with Crippen LogP contribution >= 0.6 is 0 Å². The average Bonchev–Trinajstić information content (AvgIpc) is 3.10. The van der Waals surface area contributed by atoms with E-state index in [1.165, 1.54) is 0 Å². The Bertz CT molecular complexity index is 582. The van der Waals surface area contributed by atoms with Crippen molar-refractivity contribution in [1.29, 1.82) is 0 Å². The number of hydrogen-bond donors (Lipinski definition) is 1. The van der Waals surface area contributed by atoms with Crippen LogP contribution in [0.25, 0.3) is 0 Å². The molecule has 0 amide bonds. The number of rotatable bonds is 6. The number of carboxylic acids is 1. The van der Waals surface area contributed by atoms with Gasteiger partial charge in [0.25, 0.3) is 0 Å². The van der Waals surface area contributed by atoms with Gasteiger partial charge in [-0.2, -0.15) is 0 Å². The standard InChI is InChI=1S/C15H16O8/c1-2-8(16)21-4-3-9(17)22-12-6-5-7-11(10(6)14(18)19)15(20)23-13(7)12/h2,6-7,10-13H,1,3-5H2,(H,18,19). The molecule has 8 heteroatoms. The van der Waals surface area contributed by atoms with Gasteiger partial charge in [-0.25, -0.2) is 4.79 Å². The second-order valence-electron chi connectivity index (χ2n) is 5.93. The number of carbonyl (C=O) groups excluding carboxylic acids is 3. The third kappa shape index (κ3) is 2.47. The van der Waals surface area contributed by atoms with E-state index in [0.717, 1.165) is 6.08 Å². The van der Waals surface area contributed by atoms with Gasteiger partial charge >= 0.3 is 23.9 Å². The van der Waals surface area contributed by atoms with Crippen LogP contribution in [0, 0.1) is 23.7 Å². The Morgan fingerprint density at radius 2 is 2.09 bits per heavy atom. The lowest BCUT2D eigenvalue weighted by Gasteiger charge is -2.29. The van der Waals surface area contributed by atoms with Crippen molar-refractivity contribution in [3.8, 4) is 0 Å². The van der Waals surface area contributed by atoms with Gasteiger partial charge in [0.2, 0.25) is 0 Å². The Balaban J connectivity index is 1.62. The smallest absolute Gasteiger partial charge is 0.330 e. The predicted octanol–water partition coefficient (Wildman–Crippen LogP) is -0.0904. The van der Waals surface area contributed by atoms with Crippen LogP contribution in [0.3, 0.4) is 0 Å². The summed E-state index contributed by atoms with van der Waals surface area (Å²) in [5.74, 6) is -4.98. The molecule has 1 saturated heterocycles. The van der Waals surface area contributed by atoms with Crippen LogP contribution in [0.15, 0.2) is 12.7 Å². The zero-order valence-electron chi connectivity index (χ0n) is 12.2. The van der Waals surface area contributed by atoms with Crippen LogP contribution < -0.4 is 0 Å². The Hall–Kier alpha value is -2.38. The monoisotopic (exact) mass is 324 g/mol. The van der Waals surface area contributed by atoms with Crippen molar-refractivity contribution in [2.45, 2.75) is 25.0 Å². The number of aliphatic carboxylic acids is 1. The minimum absolute atomic E-state index is 0.153. The van der Waals surface area contributed by atoms with Crippen LogP contribution in [-0.2, 0) is 33.4 Å². The molecule has 0 spiro atoms. The van der Waals surface area contributed by atoms with Gasteiger partial charge in [-0.1, -0.05) is 6.58 Å². The van der Waals surface area contributed by atoms with Crippen molar-refractivity contribution in [3.05, 3.63) is 12.7 Å². The van der Waals surface area contributed by atoms with Crippen molar-refractivity contribution < 1.29 is 38.5 Å². The summed E-state index contributed by atoms with van der Waals surface area (Å²) >= 11 is 0. The normalized spacial score (nSPS) is 36.4. The molecule has 1 heterocycles. The Labute approximate surface area is 131 Å². The molecule has 3 fully saturated rings. The number of esters is 3. The van der Waals surface area contributed by atoms with E-state index in [2.05, 4.69) is 11.3 Å². The molecule has 0 aromatic carbocycles. The fourth-order valence-corrected chi connectivity index (χ4v) is 3.99. The molecule has 0 aromatic rings. The molecule has 1 aliphatic heterocycles. The van der Waals surface area contributed by atoms with Crippen LogP contribution in [-0.4, -0.2) is 47.8 Å². The Morgan fingerprint density at radius 3 is 2.74 bits per heavy atom. The van der Waals surface area contributed by atoms with Gasteiger partial charge in [0, 0.05) is 17.9 Å². The van der Waals surface area contributed by atoms with Crippen molar-refractivity contribution in [2.24, 2.45) is 23.7 Å². The fourth-order valence-electron chi connectivity index (χ4n) is 3.99. The molecule has 1 N–H and O–H groups in total. The lowest BCUT2D eigenvalue weighted by Crippen LogP contribution is -2.43. The minimum Gasteiger partial charge on any atom is -0.481 e. The first-order valence-electron chi connectivity index (χ1n) is 7.36. The fraction of sp³-hybridized carbons (Fsp3) is 0.600. The average molecular weight is 324 g/mol. The largest absolute Gasteiger partial charge is 0.481 e. The summed E-state index contributed by atoms with van der Waals surface area (Å²) in [6.45, 7) is 3.08. The molecular weight excluding hydrogens is 308 g/mol.